The normalized spacial score (nSPS) is 13.9. The number of aryl methyl sites for hydroxylation is 2. The van der Waals surface area contributed by atoms with E-state index < -0.39 is 0 Å². The van der Waals surface area contributed by atoms with Crippen LogP contribution in [0.1, 0.15) is 38.5 Å². The van der Waals surface area contributed by atoms with Crippen LogP contribution in [0.2, 0.25) is 0 Å². The molecule has 0 spiro atoms. The van der Waals surface area contributed by atoms with E-state index in [1.165, 1.54) is 4.90 Å². The Morgan fingerprint density at radius 1 is 1.00 bits per heavy atom. The van der Waals surface area contributed by atoms with E-state index in [1.807, 2.05) is 18.4 Å². The van der Waals surface area contributed by atoms with Crippen LogP contribution >= 0.6 is 0 Å². The summed E-state index contributed by atoms with van der Waals surface area (Å²) in [5.74, 6) is -0.372. The third-order valence-electron chi connectivity index (χ3n) is 4.00. The van der Waals surface area contributed by atoms with Crippen LogP contribution in [0.5, 0.6) is 0 Å². The summed E-state index contributed by atoms with van der Waals surface area (Å²) < 4.78 is 2.05. The minimum absolute atomic E-state index is 0.186. The maximum atomic E-state index is 12.2. The highest BCUT2D eigenvalue weighted by Crippen LogP contribution is 2.22. The fourth-order valence-electron chi connectivity index (χ4n) is 2.61. The van der Waals surface area contributed by atoms with Crippen LogP contribution in [0.15, 0.2) is 30.6 Å². The van der Waals surface area contributed by atoms with Gasteiger partial charge in [0, 0.05) is 18.8 Å². The predicted molar refractivity (Wildman–Crippen MR) is 78.1 cm³/mol. The molecule has 0 aliphatic carbocycles. The summed E-state index contributed by atoms with van der Waals surface area (Å²) in [7, 11) is 0. The number of imidazole rings is 1. The van der Waals surface area contributed by atoms with Crippen molar-refractivity contribution in [1.82, 2.24) is 14.5 Å². The molecule has 0 atom stereocenters. The second-order valence-corrected chi connectivity index (χ2v) is 5.27. The second kappa shape index (κ2) is 5.16. The van der Waals surface area contributed by atoms with E-state index in [-0.39, 0.29) is 11.8 Å². The van der Waals surface area contributed by atoms with Crippen molar-refractivity contribution in [2.75, 3.05) is 6.54 Å². The zero-order valence-electron chi connectivity index (χ0n) is 12.2. The van der Waals surface area contributed by atoms with Crippen LogP contribution in [-0.4, -0.2) is 32.8 Å². The Morgan fingerprint density at radius 3 is 2.14 bits per heavy atom. The SMILES string of the molecule is Cc1ncn(CCCN2C(=O)c3ccccc3C2=O)c1C. The summed E-state index contributed by atoms with van der Waals surface area (Å²) in [5.41, 5.74) is 3.16. The van der Waals surface area contributed by atoms with Crippen LogP contribution in [0.3, 0.4) is 0 Å². The topological polar surface area (TPSA) is 55.2 Å². The van der Waals surface area contributed by atoms with Crippen LogP contribution in [0, 0.1) is 13.8 Å². The van der Waals surface area contributed by atoms with Gasteiger partial charge >= 0.3 is 0 Å². The van der Waals surface area contributed by atoms with E-state index in [0.29, 0.717) is 17.7 Å². The molecule has 2 heterocycles. The fraction of sp³-hybridized carbons (Fsp3) is 0.312. The Kier molecular flexibility index (Phi) is 3.33. The number of aromatic nitrogens is 2. The van der Waals surface area contributed by atoms with Crippen LogP contribution in [0.25, 0.3) is 0 Å². The van der Waals surface area contributed by atoms with Crippen molar-refractivity contribution >= 4 is 11.8 Å². The number of nitrogens with zero attached hydrogens (tertiary/aromatic N) is 3. The van der Waals surface area contributed by atoms with Gasteiger partial charge in [0.05, 0.1) is 23.1 Å². The molecule has 5 nitrogen and oxygen atoms in total. The minimum Gasteiger partial charge on any atom is -0.335 e. The molecule has 1 aliphatic rings. The van der Waals surface area contributed by atoms with Gasteiger partial charge in [0.25, 0.3) is 11.8 Å². The lowest BCUT2D eigenvalue weighted by molar-refractivity contribution is 0.0651. The first-order valence-corrected chi connectivity index (χ1v) is 7.03. The largest absolute Gasteiger partial charge is 0.335 e. The van der Waals surface area contributed by atoms with Gasteiger partial charge in [-0.3, -0.25) is 14.5 Å². The van der Waals surface area contributed by atoms with Crippen LogP contribution in [-0.2, 0) is 6.54 Å². The van der Waals surface area contributed by atoms with Crippen molar-refractivity contribution in [1.29, 1.82) is 0 Å². The standard InChI is InChI=1S/C16H17N3O2/c1-11-12(2)18(10-17-11)8-5-9-19-15(20)13-6-3-4-7-14(13)16(19)21/h3-4,6-7,10H,5,8-9H2,1-2H3. The van der Waals surface area contributed by atoms with Crippen LogP contribution < -0.4 is 0 Å². The number of carbonyl (C=O) groups is 2. The van der Waals surface area contributed by atoms with Crippen molar-refractivity contribution in [3.05, 3.63) is 53.1 Å². The molecule has 2 aromatic rings. The molecule has 2 amide bonds. The van der Waals surface area contributed by atoms with Gasteiger partial charge in [-0.25, -0.2) is 4.98 Å². The highest BCUT2D eigenvalue weighted by Gasteiger charge is 2.34. The Hall–Kier alpha value is -2.43. The number of hydrogen-bond acceptors (Lipinski definition) is 3. The smallest absolute Gasteiger partial charge is 0.261 e. The number of amides is 2. The average molecular weight is 283 g/mol. The molecular formula is C16H17N3O2. The Labute approximate surface area is 123 Å². The lowest BCUT2D eigenvalue weighted by atomic mass is 10.1. The first-order valence-electron chi connectivity index (χ1n) is 7.03. The molecule has 1 aliphatic heterocycles. The van der Waals surface area contributed by atoms with E-state index in [2.05, 4.69) is 4.98 Å². The number of rotatable bonds is 4. The fourth-order valence-corrected chi connectivity index (χ4v) is 2.61. The van der Waals surface area contributed by atoms with E-state index in [1.54, 1.807) is 30.6 Å². The Balaban J connectivity index is 1.66. The third kappa shape index (κ3) is 2.24. The molecule has 0 unspecified atom stereocenters. The van der Waals surface area contributed by atoms with E-state index in [9.17, 15) is 9.59 Å². The molecular weight excluding hydrogens is 266 g/mol. The lowest BCUT2D eigenvalue weighted by Crippen LogP contribution is -2.31. The molecule has 0 radical (unpaired) electrons. The zero-order chi connectivity index (χ0) is 15.0. The Morgan fingerprint density at radius 2 is 1.62 bits per heavy atom. The summed E-state index contributed by atoms with van der Waals surface area (Å²) in [6.07, 6.45) is 2.52. The minimum atomic E-state index is -0.186. The monoisotopic (exact) mass is 283 g/mol. The van der Waals surface area contributed by atoms with E-state index in [4.69, 9.17) is 0 Å². The second-order valence-electron chi connectivity index (χ2n) is 5.27. The maximum Gasteiger partial charge on any atom is 0.261 e. The number of fused-ring (bicyclic) bond motifs is 1. The van der Waals surface area contributed by atoms with Gasteiger partial charge in [0.2, 0.25) is 0 Å². The molecule has 0 N–H and O–H groups in total. The molecule has 5 heteroatoms. The first-order chi connectivity index (χ1) is 10.1. The summed E-state index contributed by atoms with van der Waals surface area (Å²) in [4.78, 5) is 30.0. The molecule has 0 saturated carbocycles. The molecule has 1 aromatic heterocycles. The van der Waals surface area contributed by atoms with E-state index >= 15 is 0 Å². The van der Waals surface area contributed by atoms with Gasteiger partial charge in [-0.1, -0.05) is 12.1 Å². The predicted octanol–water partition coefficient (Wildman–Crippen LogP) is 2.19. The summed E-state index contributed by atoms with van der Waals surface area (Å²) in [6, 6.07) is 6.98. The molecule has 3 rings (SSSR count). The quantitative estimate of drug-likeness (QED) is 0.808. The first kappa shape index (κ1) is 13.5. The molecule has 21 heavy (non-hydrogen) atoms. The third-order valence-corrected chi connectivity index (χ3v) is 4.00. The maximum absolute atomic E-state index is 12.2. The number of hydrogen-bond donors (Lipinski definition) is 0. The van der Waals surface area contributed by atoms with Crippen molar-refractivity contribution in [2.45, 2.75) is 26.8 Å². The molecule has 0 saturated heterocycles. The van der Waals surface area contributed by atoms with Crippen molar-refractivity contribution < 1.29 is 9.59 Å². The van der Waals surface area contributed by atoms with Crippen molar-refractivity contribution in [3.8, 4) is 0 Å². The molecule has 0 fully saturated rings. The van der Waals surface area contributed by atoms with E-state index in [0.717, 1.165) is 24.4 Å². The van der Waals surface area contributed by atoms with Gasteiger partial charge < -0.3 is 4.57 Å². The van der Waals surface area contributed by atoms with Gasteiger partial charge in [-0.2, -0.15) is 0 Å². The van der Waals surface area contributed by atoms with Crippen molar-refractivity contribution in [2.24, 2.45) is 0 Å². The van der Waals surface area contributed by atoms with Gasteiger partial charge in [0.1, 0.15) is 0 Å². The molecule has 1 aromatic carbocycles. The highest BCUT2D eigenvalue weighted by molar-refractivity contribution is 6.21. The number of carbonyl (C=O) groups excluding carboxylic acids is 2. The van der Waals surface area contributed by atoms with Crippen LogP contribution in [0.4, 0.5) is 0 Å². The Bertz CT molecular complexity index is 683. The number of imide groups is 1. The van der Waals surface area contributed by atoms with Gasteiger partial charge in [0.15, 0.2) is 0 Å². The van der Waals surface area contributed by atoms with Crippen molar-refractivity contribution in [3.63, 3.8) is 0 Å². The van der Waals surface area contributed by atoms with Gasteiger partial charge in [-0.15, -0.1) is 0 Å². The summed E-state index contributed by atoms with van der Waals surface area (Å²) in [5, 5.41) is 0. The zero-order valence-corrected chi connectivity index (χ0v) is 12.2. The summed E-state index contributed by atoms with van der Waals surface area (Å²) in [6.45, 7) is 5.17. The number of benzene rings is 1. The lowest BCUT2D eigenvalue weighted by Gasteiger charge is -2.14. The average Bonchev–Trinajstić information content (AvgIpc) is 2.93. The highest BCUT2D eigenvalue weighted by atomic mass is 16.2. The summed E-state index contributed by atoms with van der Waals surface area (Å²) >= 11 is 0. The van der Waals surface area contributed by atoms with Gasteiger partial charge in [-0.05, 0) is 32.4 Å². The molecule has 108 valence electrons. The molecule has 0 bridgehead atoms.